The fraction of sp³-hybridized carbons (Fsp3) is 0.500. The van der Waals surface area contributed by atoms with E-state index in [4.69, 9.17) is 15.2 Å². The molecule has 0 aromatic heterocycles. The van der Waals surface area contributed by atoms with Crippen LogP contribution in [0.1, 0.15) is 16.8 Å². The van der Waals surface area contributed by atoms with E-state index in [1.165, 1.54) is 7.11 Å². The van der Waals surface area contributed by atoms with E-state index in [9.17, 15) is 4.79 Å². The highest BCUT2D eigenvalue weighted by atomic mass is 32.2. The first-order chi connectivity index (χ1) is 9.67. The Kier molecular flexibility index (Phi) is 5.00. The highest BCUT2D eigenvalue weighted by molar-refractivity contribution is 7.99. The molecule has 6 heteroatoms. The maximum Gasteiger partial charge on any atom is 0.256 e. The van der Waals surface area contributed by atoms with Gasteiger partial charge >= 0.3 is 0 Å². The zero-order valence-corrected chi connectivity index (χ0v) is 12.7. The Bertz CT molecular complexity index is 486. The molecule has 1 aliphatic heterocycles. The van der Waals surface area contributed by atoms with E-state index >= 15 is 0 Å². The Balaban J connectivity index is 2.32. The zero-order chi connectivity index (χ0) is 14.5. The van der Waals surface area contributed by atoms with Gasteiger partial charge in [-0.2, -0.15) is 11.8 Å². The average Bonchev–Trinajstić information content (AvgIpc) is 2.76. The van der Waals surface area contributed by atoms with E-state index in [0.717, 1.165) is 31.0 Å². The molecule has 0 radical (unpaired) electrons. The van der Waals surface area contributed by atoms with E-state index in [1.807, 2.05) is 16.7 Å². The summed E-state index contributed by atoms with van der Waals surface area (Å²) < 4.78 is 10.4. The minimum atomic E-state index is -0.0535. The number of amides is 1. The lowest BCUT2D eigenvalue weighted by Gasteiger charge is -2.22. The van der Waals surface area contributed by atoms with E-state index < -0.39 is 0 Å². The molecule has 0 unspecified atom stereocenters. The predicted molar refractivity (Wildman–Crippen MR) is 81.8 cm³/mol. The molecule has 0 bridgehead atoms. The molecule has 110 valence electrons. The first kappa shape index (κ1) is 14.8. The average molecular weight is 296 g/mol. The van der Waals surface area contributed by atoms with Crippen LogP contribution in [0.3, 0.4) is 0 Å². The summed E-state index contributed by atoms with van der Waals surface area (Å²) in [6.07, 6.45) is 1.01. The number of carbonyl (C=O) groups excluding carboxylic acids is 1. The summed E-state index contributed by atoms with van der Waals surface area (Å²) in [7, 11) is 3.09. The summed E-state index contributed by atoms with van der Waals surface area (Å²) in [4.78, 5) is 14.5. The maximum atomic E-state index is 12.6. The van der Waals surface area contributed by atoms with Crippen LogP contribution in [-0.2, 0) is 0 Å². The second kappa shape index (κ2) is 6.74. The molecule has 1 amide bonds. The van der Waals surface area contributed by atoms with Crippen LogP contribution >= 0.6 is 11.8 Å². The first-order valence-electron chi connectivity index (χ1n) is 6.56. The van der Waals surface area contributed by atoms with Crippen molar-refractivity contribution in [2.24, 2.45) is 0 Å². The van der Waals surface area contributed by atoms with Crippen LogP contribution in [0, 0.1) is 0 Å². The van der Waals surface area contributed by atoms with Gasteiger partial charge in [-0.1, -0.05) is 0 Å². The molecule has 20 heavy (non-hydrogen) atoms. The van der Waals surface area contributed by atoms with Crippen molar-refractivity contribution in [1.29, 1.82) is 0 Å². The molecule has 0 spiro atoms. The van der Waals surface area contributed by atoms with Gasteiger partial charge in [0.1, 0.15) is 11.5 Å². The third kappa shape index (κ3) is 3.12. The Morgan fingerprint density at radius 3 is 2.75 bits per heavy atom. The van der Waals surface area contributed by atoms with Gasteiger partial charge in [-0.25, -0.2) is 0 Å². The van der Waals surface area contributed by atoms with Crippen molar-refractivity contribution in [2.75, 3.05) is 44.5 Å². The number of benzene rings is 1. The second-order valence-corrected chi connectivity index (χ2v) is 5.77. The Labute approximate surface area is 123 Å². The number of anilines is 1. The van der Waals surface area contributed by atoms with Crippen LogP contribution < -0.4 is 15.2 Å². The first-order valence-corrected chi connectivity index (χ1v) is 7.71. The van der Waals surface area contributed by atoms with Gasteiger partial charge in [-0.05, 0) is 18.2 Å². The fourth-order valence-corrected chi connectivity index (χ4v) is 3.07. The predicted octanol–water partition coefficient (Wildman–Crippen LogP) is 1.87. The molecule has 0 aliphatic carbocycles. The van der Waals surface area contributed by atoms with E-state index in [-0.39, 0.29) is 5.91 Å². The number of nitrogens with zero attached hydrogens (tertiary/aromatic N) is 1. The lowest BCUT2D eigenvalue weighted by atomic mass is 10.1. The molecule has 0 atom stereocenters. The molecule has 1 aromatic rings. The van der Waals surface area contributed by atoms with E-state index in [1.54, 1.807) is 19.2 Å². The number of hydrogen-bond donors (Lipinski definition) is 1. The summed E-state index contributed by atoms with van der Waals surface area (Å²) >= 11 is 1.88. The number of rotatable bonds is 3. The van der Waals surface area contributed by atoms with Crippen LogP contribution in [0.25, 0.3) is 0 Å². The highest BCUT2D eigenvalue weighted by Gasteiger charge is 2.22. The number of nitrogen functional groups attached to an aromatic ring is 1. The number of ether oxygens (including phenoxy) is 2. The van der Waals surface area contributed by atoms with Crippen LogP contribution in [0.5, 0.6) is 11.5 Å². The Morgan fingerprint density at radius 2 is 2.05 bits per heavy atom. The quantitative estimate of drug-likeness (QED) is 0.863. The number of carbonyl (C=O) groups is 1. The molecule has 1 aromatic carbocycles. The molecule has 1 aliphatic rings. The van der Waals surface area contributed by atoms with Gasteiger partial charge in [0, 0.05) is 24.9 Å². The topological polar surface area (TPSA) is 64.8 Å². The number of methoxy groups -OCH3 is 2. The van der Waals surface area contributed by atoms with Crippen molar-refractivity contribution in [2.45, 2.75) is 6.42 Å². The molecule has 2 N–H and O–H groups in total. The highest BCUT2D eigenvalue weighted by Crippen LogP contribution is 2.32. The lowest BCUT2D eigenvalue weighted by molar-refractivity contribution is 0.0769. The van der Waals surface area contributed by atoms with Gasteiger partial charge in [-0.3, -0.25) is 4.79 Å². The SMILES string of the molecule is COc1cc(OC)c(N)c(C(=O)N2CCCSCC2)c1. The summed E-state index contributed by atoms with van der Waals surface area (Å²) in [5.74, 6) is 3.05. The third-order valence-corrected chi connectivity index (χ3v) is 4.36. The van der Waals surface area contributed by atoms with Crippen LogP contribution in [0.4, 0.5) is 5.69 Å². The van der Waals surface area contributed by atoms with Gasteiger partial charge in [-0.15, -0.1) is 0 Å². The van der Waals surface area contributed by atoms with Gasteiger partial charge in [0.2, 0.25) is 0 Å². The lowest BCUT2D eigenvalue weighted by Crippen LogP contribution is -2.33. The van der Waals surface area contributed by atoms with Gasteiger partial charge < -0.3 is 20.1 Å². The number of hydrogen-bond acceptors (Lipinski definition) is 5. The molecule has 0 saturated carbocycles. The molecule has 1 saturated heterocycles. The van der Waals surface area contributed by atoms with Crippen molar-refractivity contribution in [1.82, 2.24) is 4.90 Å². The van der Waals surface area contributed by atoms with E-state index in [2.05, 4.69) is 0 Å². The molecular formula is C14H20N2O3S. The summed E-state index contributed by atoms with van der Waals surface area (Å²) in [5.41, 5.74) is 6.85. The minimum Gasteiger partial charge on any atom is -0.497 e. The number of thioether (sulfide) groups is 1. The van der Waals surface area contributed by atoms with Gasteiger partial charge in [0.15, 0.2) is 0 Å². The summed E-state index contributed by atoms with van der Waals surface area (Å²) in [6, 6.07) is 3.36. The summed E-state index contributed by atoms with van der Waals surface area (Å²) in [6.45, 7) is 1.52. The molecule has 5 nitrogen and oxygen atoms in total. The van der Waals surface area contributed by atoms with Crippen LogP contribution in [0.2, 0.25) is 0 Å². The van der Waals surface area contributed by atoms with Crippen molar-refractivity contribution < 1.29 is 14.3 Å². The van der Waals surface area contributed by atoms with Crippen LogP contribution in [0.15, 0.2) is 12.1 Å². The smallest absolute Gasteiger partial charge is 0.256 e. The van der Waals surface area contributed by atoms with Crippen LogP contribution in [-0.4, -0.2) is 49.6 Å². The largest absolute Gasteiger partial charge is 0.497 e. The zero-order valence-electron chi connectivity index (χ0n) is 11.8. The molecule has 2 rings (SSSR count). The minimum absolute atomic E-state index is 0.0535. The van der Waals surface area contributed by atoms with E-state index in [0.29, 0.717) is 22.7 Å². The molecular weight excluding hydrogens is 276 g/mol. The monoisotopic (exact) mass is 296 g/mol. The maximum absolute atomic E-state index is 12.6. The normalized spacial score (nSPS) is 15.6. The van der Waals surface area contributed by atoms with Crippen molar-refractivity contribution in [3.8, 4) is 11.5 Å². The Morgan fingerprint density at radius 1 is 1.25 bits per heavy atom. The Hall–Kier alpha value is -1.56. The second-order valence-electron chi connectivity index (χ2n) is 4.55. The van der Waals surface area contributed by atoms with Crippen molar-refractivity contribution >= 4 is 23.4 Å². The van der Waals surface area contributed by atoms with Gasteiger partial charge in [0.05, 0.1) is 25.5 Å². The van der Waals surface area contributed by atoms with Crippen molar-refractivity contribution in [3.63, 3.8) is 0 Å². The summed E-state index contributed by atoms with van der Waals surface area (Å²) in [5, 5.41) is 0. The van der Waals surface area contributed by atoms with Gasteiger partial charge in [0.25, 0.3) is 5.91 Å². The standard InChI is InChI=1S/C14H20N2O3S/c1-18-10-8-11(13(15)12(9-10)19-2)14(17)16-4-3-6-20-7-5-16/h8-9H,3-7,15H2,1-2H3. The third-order valence-electron chi connectivity index (χ3n) is 3.31. The molecule has 1 heterocycles. The number of nitrogens with two attached hydrogens (primary N) is 1. The van der Waals surface area contributed by atoms with Crippen molar-refractivity contribution in [3.05, 3.63) is 17.7 Å². The fourth-order valence-electron chi connectivity index (χ4n) is 2.18. The molecule has 1 fully saturated rings.